The topological polar surface area (TPSA) is 28.3 Å². The van der Waals surface area contributed by atoms with Crippen molar-refractivity contribution in [3.8, 4) is 34.4 Å². The lowest BCUT2D eigenvalue weighted by molar-refractivity contribution is 0.464. The van der Waals surface area contributed by atoms with Crippen LogP contribution in [-0.2, 0) is 0 Å². The Morgan fingerprint density at radius 2 is 1.08 bits per heavy atom. The molecule has 0 saturated carbocycles. The first-order valence-corrected chi connectivity index (χ1v) is 14.7. The van der Waals surface area contributed by atoms with Crippen molar-refractivity contribution in [2.45, 2.75) is 6.92 Å². The van der Waals surface area contributed by atoms with E-state index in [1.165, 1.54) is 19.1 Å². The molecule has 0 bridgehead atoms. The smallest absolute Gasteiger partial charge is 0.260 e. The second kappa shape index (κ2) is 9.43. The van der Waals surface area contributed by atoms with E-state index in [-0.39, 0.29) is 77.2 Å². The highest BCUT2D eigenvalue weighted by Crippen LogP contribution is 2.42. The van der Waals surface area contributed by atoms with Gasteiger partial charge in [0.15, 0.2) is 0 Å². The number of ether oxygens (including phenoxy) is 2. The van der Waals surface area contributed by atoms with Crippen LogP contribution in [0.2, 0.25) is 0 Å². The Morgan fingerprint density at radius 1 is 0.521 bits per heavy atom. The minimum Gasteiger partial charge on any atom is -0.458 e. The Labute approximate surface area is 308 Å². The lowest BCUT2D eigenvalue weighted by atomic mass is 9.35. The molecule has 0 radical (unpaired) electrons. The minimum atomic E-state index is -1.39. The molecule has 7 aromatic carbocycles. The molecule has 2 aliphatic rings. The van der Waals surface area contributed by atoms with E-state index in [9.17, 15) is 11.0 Å². The number of para-hydroxylation sites is 5. The fraction of sp³-hybridized carbons (Fsp3) is 0.0233. The molecule has 48 heavy (non-hydrogen) atoms. The van der Waals surface area contributed by atoms with Gasteiger partial charge in [-0.3, -0.25) is 0 Å². The van der Waals surface area contributed by atoms with Gasteiger partial charge in [0.1, 0.15) is 23.0 Å². The fourth-order valence-corrected chi connectivity index (χ4v) is 6.82. The third-order valence-corrected chi connectivity index (χ3v) is 8.70. The molecule has 0 atom stereocenters. The first-order chi connectivity index (χ1) is 32.9. The van der Waals surface area contributed by atoms with E-state index in [4.69, 9.17) is 28.7 Å². The lowest BCUT2D eigenvalue weighted by Crippen LogP contribution is -2.57. The monoisotopic (exact) mass is 636 g/mol. The first-order valence-electron chi connectivity index (χ1n) is 25.7. The normalized spacial score (nSPS) is 19.4. The molecule has 4 nitrogen and oxygen atoms in total. The maximum absolute atomic E-state index is 9.65. The van der Waals surface area contributed by atoms with Crippen molar-refractivity contribution in [3.05, 3.63) is 151 Å². The van der Waals surface area contributed by atoms with Gasteiger partial charge in [-0.05, 0) is 60.1 Å². The predicted octanol–water partition coefficient (Wildman–Crippen LogP) is 8.92. The Bertz CT molecular complexity index is 3900. The van der Waals surface area contributed by atoms with Gasteiger partial charge in [-0.15, -0.1) is 0 Å². The van der Waals surface area contributed by atoms with Crippen molar-refractivity contribution in [2.24, 2.45) is 0 Å². The molecular formula is C43H27BN2O2. The summed E-state index contributed by atoms with van der Waals surface area (Å²) in [6, 6.07) is -12.4. The molecule has 11 rings (SSSR count). The zero-order chi connectivity index (χ0) is 50.7. The Hall–Kier alpha value is -6.20. The van der Waals surface area contributed by atoms with Crippen molar-refractivity contribution >= 4 is 66.7 Å². The highest BCUT2D eigenvalue weighted by atomic mass is 16.5. The summed E-state index contributed by atoms with van der Waals surface area (Å²) in [4.78, 5) is 0. The minimum absolute atomic E-state index is 0.0241. The molecular weight excluding hydrogens is 587 g/mol. The summed E-state index contributed by atoms with van der Waals surface area (Å²) in [7, 11) is 0. The number of hydrogen-bond acceptors (Lipinski definition) is 2. The molecule has 0 aliphatic carbocycles. The van der Waals surface area contributed by atoms with Crippen LogP contribution in [0.4, 0.5) is 0 Å². The molecule has 5 heteroatoms. The van der Waals surface area contributed by atoms with E-state index < -0.39 is 162 Å². The molecule has 2 aliphatic heterocycles. The second-order valence-electron chi connectivity index (χ2n) is 11.3. The third-order valence-electron chi connectivity index (χ3n) is 8.70. The zero-order valence-corrected chi connectivity index (χ0v) is 24.4. The van der Waals surface area contributed by atoms with Gasteiger partial charge in [0, 0.05) is 39.1 Å². The van der Waals surface area contributed by atoms with Crippen LogP contribution in [0, 0.1) is 6.92 Å². The Balaban J connectivity index is 1.40. The van der Waals surface area contributed by atoms with Gasteiger partial charge in [0.2, 0.25) is 0 Å². The first kappa shape index (κ1) is 12.8. The maximum atomic E-state index is 9.65. The van der Waals surface area contributed by atoms with E-state index in [2.05, 4.69) is 0 Å². The number of aromatic nitrogens is 2. The van der Waals surface area contributed by atoms with Crippen LogP contribution >= 0.6 is 0 Å². The zero-order valence-electron chi connectivity index (χ0n) is 46.4. The van der Waals surface area contributed by atoms with Crippen LogP contribution in [0.1, 0.15) is 35.7 Å². The Kier molecular flexibility index (Phi) is 2.51. The van der Waals surface area contributed by atoms with E-state index in [0.29, 0.717) is 0 Å². The number of fused-ring (bicyclic) bond motifs is 10. The number of hydrogen-bond donors (Lipinski definition) is 0. The summed E-state index contributed by atoms with van der Waals surface area (Å²) in [5.41, 5.74) is -2.63. The highest BCUT2D eigenvalue weighted by Gasteiger charge is 2.40. The van der Waals surface area contributed by atoms with E-state index in [1.54, 1.807) is 0 Å². The summed E-state index contributed by atoms with van der Waals surface area (Å²) in [5.74, 6) is -1.31. The van der Waals surface area contributed by atoms with Crippen LogP contribution in [0.3, 0.4) is 0 Å². The SMILES string of the molecule is [2H]c1c([2H])c([2H])c2c(c1[2H])Oc1cc(-n3c4c([2H])c([2H])c([2H])c([2H])c4c4c([2H])c([2H])c([2H])c(-n5c6c([2H])c([2H])c([2H])c([2H])c6c6c([2H])c(C)c([2H])c([2H])c65)c43)cc3c1B2c1c([2H])c([2H])c([2H])c([2H])c1O3. The van der Waals surface area contributed by atoms with Crippen LogP contribution < -0.4 is 25.9 Å². The van der Waals surface area contributed by atoms with E-state index in [1.807, 2.05) is 0 Å². The molecule has 0 fully saturated rings. The maximum Gasteiger partial charge on any atom is 0.260 e. The number of rotatable bonds is 2. The van der Waals surface area contributed by atoms with Gasteiger partial charge in [-0.1, -0.05) is 96.2 Å². The van der Waals surface area contributed by atoms with Gasteiger partial charge in [-0.25, -0.2) is 0 Å². The van der Waals surface area contributed by atoms with Crippen molar-refractivity contribution in [1.29, 1.82) is 0 Å². The summed E-state index contributed by atoms with van der Waals surface area (Å²) in [5, 5.41) is -1.26. The van der Waals surface area contributed by atoms with E-state index in [0.717, 1.165) is 9.13 Å². The highest BCUT2D eigenvalue weighted by molar-refractivity contribution is 6.98. The van der Waals surface area contributed by atoms with Crippen molar-refractivity contribution in [2.75, 3.05) is 0 Å². The molecule has 0 amide bonds. The molecule has 4 heterocycles. The summed E-state index contributed by atoms with van der Waals surface area (Å²) in [6.45, 7) is -0.0111. The molecule has 0 unspecified atom stereocenters. The van der Waals surface area contributed by atoms with Gasteiger partial charge >= 0.3 is 0 Å². The third kappa shape index (κ3) is 3.40. The second-order valence-corrected chi connectivity index (χ2v) is 11.3. The molecule has 0 N–H and O–H groups in total. The molecule has 2 aromatic heterocycles. The van der Waals surface area contributed by atoms with Crippen molar-refractivity contribution in [1.82, 2.24) is 9.13 Å². The van der Waals surface area contributed by atoms with Gasteiger partial charge in [0.05, 0.1) is 63.6 Å². The average Bonchev–Trinajstić information content (AvgIpc) is 3.89. The Morgan fingerprint density at radius 3 is 1.79 bits per heavy atom. The standard InChI is InChI=1S/C43H27BN2O2/c1-26-21-22-36-31(23-26)29-12-3-7-17-35(29)46(36)37-18-10-13-30-28-11-2-6-16-34(28)45(43(30)37)27-24-40-42-41(25-27)48-39-20-9-5-15-33(39)44(42)32-14-4-8-19-38(32)47-40/h2-25H,1H3/i2D,3D,4D,5D,6D,7D,8D,9D,10D,11D,12D,13D,14D,15D,16D,17D,18D,19D,20D,21D,22D,23D. The molecule has 9 aromatic rings. The average molecular weight is 637 g/mol. The van der Waals surface area contributed by atoms with Crippen LogP contribution in [-0.4, -0.2) is 15.8 Å². The van der Waals surface area contributed by atoms with Crippen molar-refractivity contribution in [3.63, 3.8) is 0 Å². The van der Waals surface area contributed by atoms with Crippen LogP contribution in [0.25, 0.3) is 55.0 Å². The quantitative estimate of drug-likeness (QED) is 0.177. The summed E-state index contributed by atoms with van der Waals surface area (Å²) in [6.07, 6.45) is 0. The van der Waals surface area contributed by atoms with Gasteiger partial charge < -0.3 is 18.6 Å². The largest absolute Gasteiger partial charge is 0.458 e. The predicted molar refractivity (Wildman–Crippen MR) is 198 cm³/mol. The number of benzene rings is 7. The van der Waals surface area contributed by atoms with Crippen LogP contribution in [0.15, 0.2) is 145 Å². The summed E-state index contributed by atoms with van der Waals surface area (Å²) < 4.78 is 213. The summed E-state index contributed by atoms with van der Waals surface area (Å²) >= 11 is 0. The van der Waals surface area contributed by atoms with Crippen molar-refractivity contribution < 1.29 is 39.6 Å². The van der Waals surface area contributed by atoms with Gasteiger partial charge in [0.25, 0.3) is 6.71 Å². The number of nitrogens with zero attached hydrogens (tertiary/aromatic N) is 2. The van der Waals surface area contributed by atoms with Crippen LogP contribution in [0.5, 0.6) is 23.0 Å². The van der Waals surface area contributed by atoms with E-state index >= 15 is 0 Å². The molecule has 0 saturated heterocycles. The fourth-order valence-electron chi connectivity index (χ4n) is 6.82. The molecule has 0 spiro atoms. The lowest BCUT2D eigenvalue weighted by Gasteiger charge is -2.33. The van der Waals surface area contributed by atoms with Gasteiger partial charge in [-0.2, -0.15) is 0 Å². The molecule has 224 valence electrons.